The van der Waals surface area contributed by atoms with E-state index in [2.05, 4.69) is 26.3 Å². The number of carbonyl (C=O) groups excluding carboxylic acids is 1. The van der Waals surface area contributed by atoms with Crippen LogP contribution in [0.5, 0.6) is 11.5 Å². The molecule has 0 radical (unpaired) electrons. The SMILES string of the molecule is COc1cccc2oc(-c3nc4ccccc4c(=O)n3N=Cc3cc(Cl)cc(Br)c3OCC(=O)Nc3ccccc3C)cc12. The summed E-state index contributed by atoms with van der Waals surface area (Å²) in [5, 5.41) is 8.87. The number of halogens is 2. The van der Waals surface area contributed by atoms with Crippen LogP contribution in [0.1, 0.15) is 11.1 Å². The van der Waals surface area contributed by atoms with Crippen LogP contribution in [0.4, 0.5) is 5.69 Å². The van der Waals surface area contributed by atoms with Gasteiger partial charge in [-0.1, -0.05) is 48.0 Å². The molecule has 0 unspecified atom stereocenters. The van der Waals surface area contributed by atoms with Crippen molar-refractivity contribution in [2.75, 3.05) is 19.0 Å². The van der Waals surface area contributed by atoms with E-state index in [0.29, 0.717) is 54.5 Å². The number of fused-ring (bicyclic) bond motifs is 2. The summed E-state index contributed by atoms with van der Waals surface area (Å²) in [6, 6.07) is 24.9. The molecule has 0 saturated heterocycles. The van der Waals surface area contributed by atoms with Crippen LogP contribution in [0.25, 0.3) is 33.5 Å². The number of rotatable bonds is 8. The highest BCUT2D eigenvalue weighted by molar-refractivity contribution is 9.10. The fourth-order valence-corrected chi connectivity index (χ4v) is 5.65. The molecule has 2 aromatic heterocycles. The summed E-state index contributed by atoms with van der Waals surface area (Å²) in [5.41, 5.74) is 2.68. The Morgan fingerprint density at radius 3 is 2.68 bits per heavy atom. The van der Waals surface area contributed by atoms with Crippen LogP contribution in [0.3, 0.4) is 0 Å². The van der Waals surface area contributed by atoms with Gasteiger partial charge in [-0.2, -0.15) is 9.78 Å². The second-order valence-electron chi connectivity index (χ2n) is 9.75. The smallest absolute Gasteiger partial charge is 0.282 e. The van der Waals surface area contributed by atoms with E-state index >= 15 is 0 Å². The molecule has 44 heavy (non-hydrogen) atoms. The average Bonchev–Trinajstić information content (AvgIpc) is 3.46. The summed E-state index contributed by atoms with van der Waals surface area (Å²) >= 11 is 9.84. The summed E-state index contributed by atoms with van der Waals surface area (Å²) in [5.74, 6) is 1.09. The molecule has 1 amide bonds. The van der Waals surface area contributed by atoms with Gasteiger partial charge in [0.2, 0.25) is 5.82 Å². The van der Waals surface area contributed by atoms with Gasteiger partial charge in [0.25, 0.3) is 11.5 Å². The third-order valence-electron chi connectivity index (χ3n) is 6.83. The van der Waals surface area contributed by atoms with Crippen molar-refractivity contribution in [1.82, 2.24) is 9.66 Å². The van der Waals surface area contributed by atoms with Gasteiger partial charge in [-0.05, 0) is 76.9 Å². The van der Waals surface area contributed by atoms with Gasteiger partial charge in [-0.15, -0.1) is 0 Å². The van der Waals surface area contributed by atoms with Crippen LogP contribution in [-0.2, 0) is 4.79 Å². The zero-order valence-electron chi connectivity index (χ0n) is 23.5. The summed E-state index contributed by atoms with van der Waals surface area (Å²) in [6.07, 6.45) is 1.43. The number of amides is 1. The Bertz CT molecular complexity index is 2140. The predicted molar refractivity (Wildman–Crippen MR) is 175 cm³/mol. The summed E-state index contributed by atoms with van der Waals surface area (Å²) < 4.78 is 19.2. The molecular formula is C33H24BrClN4O5. The predicted octanol–water partition coefficient (Wildman–Crippen LogP) is 7.44. The molecule has 0 aliphatic rings. The molecule has 0 atom stereocenters. The number of anilines is 1. The molecule has 1 N–H and O–H groups in total. The van der Waals surface area contributed by atoms with E-state index in [4.69, 9.17) is 30.5 Å². The van der Waals surface area contributed by atoms with Crippen LogP contribution in [-0.4, -0.2) is 35.5 Å². The molecule has 0 aliphatic heterocycles. The number of aryl methyl sites for hydroxylation is 1. The molecular weight excluding hydrogens is 648 g/mol. The number of nitrogens with zero attached hydrogens (tertiary/aromatic N) is 3. The van der Waals surface area contributed by atoms with Gasteiger partial charge >= 0.3 is 0 Å². The summed E-state index contributed by atoms with van der Waals surface area (Å²) in [6.45, 7) is 1.62. The van der Waals surface area contributed by atoms with E-state index in [0.717, 1.165) is 15.6 Å². The minimum Gasteiger partial charge on any atom is -0.496 e. The number of hydrogen-bond donors (Lipinski definition) is 1. The molecule has 0 fully saturated rings. The number of aromatic nitrogens is 2. The number of para-hydroxylation sites is 2. The van der Waals surface area contributed by atoms with Crippen molar-refractivity contribution in [2.24, 2.45) is 5.10 Å². The van der Waals surface area contributed by atoms with Gasteiger partial charge in [0.05, 0.1) is 34.1 Å². The number of benzene rings is 4. The van der Waals surface area contributed by atoms with Crippen LogP contribution >= 0.6 is 27.5 Å². The van der Waals surface area contributed by atoms with Gasteiger partial charge in [0.1, 0.15) is 17.1 Å². The number of carbonyl (C=O) groups is 1. The van der Waals surface area contributed by atoms with Crippen molar-refractivity contribution in [3.63, 3.8) is 0 Å². The van der Waals surface area contributed by atoms with Crippen LogP contribution in [0.2, 0.25) is 5.02 Å². The summed E-state index contributed by atoms with van der Waals surface area (Å²) in [4.78, 5) is 31.2. The van der Waals surface area contributed by atoms with Crippen molar-refractivity contribution in [3.8, 4) is 23.1 Å². The first-order chi connectivity index (χ1) is 21.3. The maximum Gasteiger partial charge on any atom is 0.282 e. The van der Waals surface area contributed by atoms with Crippen molar-refractivity contribution in [1.29, 1.82) is 0 Å². The average molecular weight is 672 g/mol. The molecule has 11 heteroatoms. The largest absolute Gasteiger partial charge is 0.496 e. The third kappa shape index (κ3) is 5.82. The minimum atomic E-state index is -0.407. The molecule has 4 aromatic carbocycles. The maximum atomic E-state index is 13.7. The van der Waals surface area contributed by atoms with E-state index in [-0.39, 0.29) is 18.3 Å². The zero-order valence-corrected chi connectivity index (χ0v) is 25.8. The van der Waals surface area contributed by atoms with E-state index in [1.165, 1.54) is 6.21 Å². The zero-order chi connectivity index (χ0) is 30.8. The van der Waals surface area contributed by atoms with E-state index < -0.39 is 5.56 Å². The molecule has 0 spiro atoms. The lowest BCUT2D eigenvalue weighted by Crippen LogP contribution is -2.21. The first-order valence-corrected chi connectivity index (χ1v) is 14.6. The van der Waals surface area contributed by atoms with Crippen molar-refractivity contribution in [3.05, 3.63) is 116 Å². The molecule has 6 rings (SSSR count). The Balaban J connectivity index is 1.40. The highest BCUT2D eigenvalue weighted by atomic mass is 79.9. The number of ether oxygens (including phenoxy) is 2. The highest BCUT2D eigenvalue weighted by Crippen LogP contribution is 2.34. The Kier molecular flexibility index (Phi) is 8.19. The monoisotopic (exact) mass is 670 g/mol. The first kappa shape index (κ1) is 29.2. The van der Waals surface area contributed by atoms with Gasteiger partial charge in [0.15, 0.2) is 12.4 Å². The highest BCUT2D eigenvalue weighted by Gasteiger charge is 2.19. The lowest BCUT2D eigenvalue weighted by Gasteiger charge is -2.13. The van der Waals surface area contributed by atoms with Crippen molar-refractivity contribution >= 4 is 67.2 Å². The molecule has 0 aliphatic carbocycles. The molecule has 9 nitrogen and oxygen atoms in total. The van der Waals surface area contributed by atoms with Gasteiger partial charge in [0, 0.05) is 16.3 Å². The van der Waals surface area contributed by atoms with Gasteiger partial charge < -0.3 is 19.2 Å². The Labute approximate surface area is 264 Å². The van der Waals surface area contributed by atoms with Gasteiger partial charge in [-0.25, -0.2) is 4.98 Å². The Morgan fingerprint density at radius 1 is 1.07 bits per heavy atom. The molecule has 2 heterocycles. The minimum absolute atomic E-state index is 0.185. The maximum absolute atomic E-state index is 13.7. The second kappa shape index (κ2) is 12.4. The number of nitrogens with one attached hydrogen (secondary N) is 1. The molecule has 220 valence electrons. The van der Waals surface area contributed by atoms with E-state index in [1.807, 2.05) is 43.3 Å². The Hall–Kier alpha value is -4.93. The topological polar surface area (TPSA) is 108 Å². The van der Waals surface area contributed by atoms with Gasteiger partial charge in [-0.3, -0.25) is 9.59 Å². The number of methoxy groups -OCH3 is 1. The molecule has 0 bridgehead atoms. The van der Waals surface area contributed by atoms with Crippen LogP contribution in [0, 0.1) is 6.92 Å². The lowest BCUT2D eigenvalue weighted by molar-refractivity contribution is -0.118. The summed E-state index contributed by atoms with van der Waals surface area (Å²) in [7, 11) is 1.57. The third-order valence-corrected chi connectivity index (χ3v) is 7.64. The van der Waals surface area contributed by atoms with Crippen molar-refractivity contribution in [2.45, 2.75) is 6.92 Å². The Morgan fingerprint density at radius 2 is 1.86 bits per heavy atom. The molecule has 6 aromatic rings. The lowest BCUT2D eigenvalue weighted by atomic mass is 10.2. The van der Waals surface area contributed by atoms with Crippen molar-refractivity contribution < 1.29 is 18.7 Å². The van der Waals surface area contributed by atoms with E-state index in [9.17, 15) is 9.59 Å². The first-order valence-electron chi connectivity index (χ1n) is 13.4. The number of furan rings is 1. The van der Waals surface area contributed by atoms with Crippen LogP contribution in [0.15, 0.2) is 104 Å². The van der Waals surface area contributed by atoms with E-state index in [1.54, 1.807) is 55.6 Å². The fourth-order valence-electron chi connectivity index (χ4n) is 4.70. The fraction of sp³-hybridized carbons (Fsp3) is 0.0909. The standard InChI is InChI=1S/C33H24BrClN4O5/c1-19-8-3-5-10-25(19)37-30(40)18-43-31-20(14-21(35)15-24(31)34)17-36-39-32(38-26-11-6-4-9-22(26)33(39)41)29-16-23-27(42-2)12-7-13-28(23)44-29/h3-17H,18H2,1-2H3,(H,37,40). The second-order valence-corrected chi connectivity index (χ2v) is 11.0. The van der Waals surface area contributed by atoms with Crippen LogP contribution < -0.4 is 20.3 Å². The quantitative estimate of drug-likeness (QED) is 0.169. The molecule has 0 saturated carbocycles. The number of hydrogen-bond acceptors (Lipinski definition) is 7. The normalized spacial score (nSPS) is 11.4.